The summed E-state index contributed by atoms with van der Waals surface area (Å²) in [4.78, 5) is 13.5. The fourth-order valence-electron chi connectivity index (χ4n) is 3.71. The molecule has 1 aliphatic rings. The van der Waals surface area contributed by atoms with E-state index in [1.165, 1.54) is 4.31 Å². The van der Waals surface area contributed by atoms with E-state index in [1.54, 1.807) is 31.3 Å². The van der Waals surface area contributed by atoms with Crippen molar-refractivity contribution < 1.29 is 17.9 Å². The van der Waals surface area contributed by atoms with Gasteiger partial charge in [-0.1, -0.05) is 48.5 Å². The number of fused-ring (bicyclic) bond motifs is 2. The molecule has 6 nitrogen and oxygen atoms in total. The summed E-state index contributed by atoms with van der Waals surface area (Å²) in [5.74, 6) is 0.741. The van der Waals surface area contributed by atoms with Gasteiger partial charge < -0.3 is 10.1 Å². The lowest BCUT2D eigenvalue weighted by Gasteiger charge is -2.27. The van der Waals surface area contributed by atoms with Gasteiger partial charge in [0.2, 0.25) is 15.9 Å². The monoisotopic (exact) mass is 450 g/mol. The van der Waals surface area contributed by atoms with Gasteiger partial charge in [0.05, 0.1) is 10.8 Å². The van der Waals surface area contributed by atoms with Gasteiger partial charge in [-0.2, -0.15) is 4.31 Å². The normalized spacial score (nSPS) is 13.4. The zero-order valence-corrected chi connectivity index (χ0v) is 19.1. The van der Waals surface area contributed by atoms with Gasteiger partial charge in [0.25, 0.3) is 0 Å². The SMILES string of the molecule is CC(C)N(C)S(=O)(=O)c1ccc(CNC(=O)C2c3ccccc3Oc3ccccc32)cc1. The average Bonchev–Trinajstić information content (AvgIpc) is 2.80. The molecule has 0 atom stereocenters. The van der Waals surface area contributed by atoms with Crippen molar-refractivity contribution in [3.05, 3.63) is 89.5 Å². The zero-order valence-electron chi connectivity index (χ0n) is 18.3. The van der Waals surface area contributed by atoms with Crippen LogP contribution in [0.3, 0.4) is 0 Å². The van der Waals surface area contributed by atoms with Gasteiger partial charge in [0.15, 0.2) is 0 Å². The molecule has 7 heteroatoms. The Balaban J connectivity index is 1.52. The van der Waals surface area contributed by atoms with Crippen LogP contribution in [0.25, 0.3) is 0 Å². The topological polar surface area (TPSA) is 75.7 Å². The van der Waals surface area contributed by atoms with E-state index in [0.717, 1.165) is 16.7 Å². The van der Waals surface area contributed by atoms with E-state index < -0.39 is 15.9 Å². The largest absolute Gasteiger partial charge is 0.457 e. The molecule has 1 heterocycles. The molecule has 1 N–H and O–H groups in total. The lowest BCUT2D eigenvalue weighted by molar-refractivity contribution is -0.122. The summed E-state index contributed by atoms with van der Waals surface area (Å²) >= 11 is 0. The second kappa shape index (κ2) is 8.76. The van der Waals surface area contributed by atoms with Gasteiger partial charge in [-0.25, -0.2) is 8.42 Å². The molecule has 4 rings (SSSR count). The minimum atomic E-state index is -3.54. The number of amides is 1. The second-order valence-corrected chi connectivity index (χ2v) is 10.1. The highest BCUT2D eigenvalue weighted by Crippen LogP contribution is 2.43. The number of carbonyl (C=O) groups is 1. The Morgan fingerprint density at radius 1 is 0.938 bits per heavy atom. The average molecular weight is 451 g/mol. The third kappa shape index (κ3) is 4.13. The Hall–Kier alpha value is -3.16. The maximum Gasteiger partial charge on any atom is 0.243 e. The molecular weight excluding hydrogens is 424 g/mol. The van der Waals surface area contributed by atoms with Crippen LogP contribution >= 0.6 is 0 Å². The van der Waals surface area contributed by atoms with Crippen LogP contribution < -0.4 is 10.1 Å². The van der Waals surface area contributed by atoms with Crippen LogP contribution in [0.15, 0.2) is 77.7 Å². The van der Waals surface area contributed by atoms with Crippen LogP contribution in [-0.2, 0) is 21.4 Å². The van der Waals surface area contributed by atoms with E-state index in [1.807, 2.05) is 62.4 Å². The predicted octanol–water partition coefficient (Wildman–Crippen LogP) is 4.27. The number of sulfonamides is 1. The molecule has 0 unspecified atom stereocenters. The number of nitrogens with one attached hydrogen (secondary N) is 1. The third-order valence-corrected chi connectivity index (χ3v) is 7.78. The second-order valence-electron chi connectivity index (χ2n) is 8.09. The van der Waals surface area contributed by atoms with E-state index in [9.17, 15) is 13.2 Å². The maximum absolute atomic E-state index is 13.2. The van der Waals surface area contributed by atoms with E-state index in [-0.39, 0.29) is 16.8 Å². The van der Waals surface area contributed by atoms with Crippen molar-refractivity contribution >= 4 is 15.9 Å². The highest BCUT2D eigenvalue weighted by molar-refractivity contribution is 7.89. The van der Waals surface area contributed by atoms with Crippen LogP contribution in [0.5, 0.6) is 11.5 Å². The summed E-state index contributed by atoms with van der Waals surface area (Å²) in [6, 6.07) is 21.6. The van der Waals surface area contributed by atoms with Gasteiger partial charge in [0, 0.05) is 30.8 Å². The van der Waals surface area contributed by atoms with Crippen molar-refractivity contribution in [1.29, 1.82) is 0 Å². The minimum absolute atomic E-state index is 0.135. The van der Waals surface area contributed by atoms with Crippen molar-refractivity contribution in [3.63, 3.8) is 0 Å². The molecular formula is C25H26N2O4S. The van der Waals surface area contributed by atoms with Crippen molar-refractivity contribution in [2.45, 2.75) is 37.2 Å². The molecule has 0 radical (unpaired) electrons. The van der Waals surface area contributed by atoms with E-state index >= 15 is 0 Å². The Morgan fingerprint density at radius 2 is 1.47 bits per heavy atom. The highest BCUT2D eigenvalue weighted by Gasteiger charge is 2.32. The Bertz CT molecular complexity index is 1190. The first kappa shape index (κ1) is 22.0. The molecule has 3 aromatic carbocycles. The zero-order chi connectivity index (χ0) is 22.9. The maximum atomic E-state index is 13.2. The number of carbonyl (C=O) groups excluding carboxylic acids is 1. The summed E-state index contributed by atoms with van der Waals surface area (Å²) < 4.78 is 32.6. The van der Waals surface area contributed by atoms with Crippen LogP contribution in [0.1, 0.15) is 36.5 Å². The summed E-state index contributed by atoms with van der Waals surface area (Å²) in [7, 11) is -1.97. The third-order valence-electron chi connectivity index (χ3n) is 5.74. The molecule has 1 amide bonds. The highest BCUT2D eigenvalue weighted by atomic mass is 32.2. The molecule has 166 valence electrons. The van der Waals surface area contributed by atoms with Gasteiger partial charge in [-0.05, 0) is 43.7 Å². The molecule has 0 aromatic heterocycles. The fraction of sp³-hybridized carbons (Fsp3) is 0.240. The number of hydrogen-bond acceptors (Lipinski definition) is 4. The summed E-state index contributed by atoms with van der Waals surface area (Å²) in [6.07, 6.45) is 0. The van der Waals surface area contributed by atoms with E-state index in [2.05, 4.69) is 5.32 Å². The quantitative estimate of drug-likeness (QED) is 0.609. The first-order chi connectivity index (χ1) is 15.3. The van der Waals surface area contributed by atoms with Crippen LogP contribution in [0.2, 0.25) is 0 Å². The van der Waals surface area contributed by atoms with Crippen molar-refractivity contribution in [1.82, 2.24) is 9.62 Å². The molecule has 0 bridgehead atoms. The fourth-order valence-corrected chi connectivity index (χ4v) is 5.07. The van der Waals surface area contributed by atoms with Gasteiger partial charge in [-0.3, -0.25) is 4.79 Å². The molecule has 0 aliphatic carbocycles. The number of rotatable bonds is 6. The Morgan fingerprint density at radius 3 is 2.00 bits per heavy atom. The van der Waals surface area contributed by atoms with Crippen LogP contribution in [0.4, 0.5) is 0 Å². The predicted molar refractivity (Wildman–Crippen MR) is 123 cm³/mol. The van der Waals surface area contributed by atoms with Gasteiger partial charge in [-0.15, -0.1) is 0 Å². The Kier molecular flexibility index (Phi) is 6.04. The first-order valence-corrected chi connectivity index (χ1v) is 11.9. The van der Waals surface area contributed by atoms with Crippen LogP contribution in [0, 0.1) is 0 Å². The minimum Gasteiger partial charge on any atom is -0.457 e. The summed E-state index contributed by atoms with van der Waals surface area (Å²) in [6.45, 7) is 3.95. The summed E-state index contributed by atoms with van der Waals surface area (Å²) in [5.41, 5.74) is 2.46. The molecule has 0 saturated heterocycles. The van der Waals surface area contributed by atoms with Gasteiger partial charge >= 0.3 is 0 Å². The number of nitrogens with zero attached hydrogens (tertiary/aromatic N) is 1. The lowest BCUT2D eigenvalue weighted by Crippen LogP contribution is -2.33. The number of ether oxygens (including phenoxy) is 1. The molecule has 0 saturated carbocycles. The molecule has 1 aliphatic heterocycles. The molecule has 0 spiro atoms. The Labute approximate surface area is 188 Å². The molecule has 32 heavy (non-hydrogen) atoms. The van der Waals surface area contributed by atoms with E-state index in [4.69, 9.17) is 4.74 Å². The standard InChI is InChI=1S/C25H26N2O4S/c1-17(2)27(3)32(29,30)19-14-12-18(13-15-19)16-26-25(28)24-20-8-4-6-10-22(20)31-23-11-7-5-9-21(23)24/h4-15,17,24H,16H2,1-3H3,(H,26,28). The van der Waals surface area contributed by atoms with Gasteiger partial charge in [0.1, 0.15) is 11.5 Å². The summed E-state index contributed by atoms with van der Waals surface area (Å²) in [5, 5.41) is 3.00. The first-order valence-electron chi connectivity index (χ1n) is 10.5. The van der Waals surface area contributed by atoms with Crippen molar-refractivity contribution in [2.24, 2.45) is 0 Å². The van der Waals surface area contributed by atoms with Crippen molar-refractivity contribution in [2.75, 3.05) is 7.05 Å². The molecule has 3 aromatic rings. The van der Waals surface area contributed by atoms with Crippen molar-refractivity contribution in [3.8, 4) is 11.5 Å². The van der Waals surface area contributed by atoms with Crippen LogP contribution in [-0.4, -0.2) is 31.7 Å². The number of benzene rings is 3. The number of hydrogen-bond donors (Lipinski definition) is 1. The lowest BCUT2D eigenvalue weighted by atomic mass is 9.87. The molecule has 0 fully saturated rings. The number of para-hydroxylation sites is 2. The smallest absolute Gasteiger partial charge is 0.243 e. The van der Waals surface area contributed by atoms with E-state index in [0.29, 0.717) is 18.0 Å².